The number of amides is 2. The van der Waals surface area contributed by atoms with Crippen molar-refractivity contribution in [3.8, 4) is 0 Å². The lowest BCUT2D eigenvalue weighted by Crippen LogP contribution is -2.45. The zero-order chi connectivity index (χ0) is 20.1. The van der Waals surface area contributed by atoms with Gasteiger partial charge in [0.2, 0.25) is 0 Å². The zero-order valence-electron chi connectivity index (χ0n) is 15.1. The summed E-state index contributed by atoms with van der Waals surface area (Å²) < 4.78 is 43.8. The third-order valence-electron chi connectivity index (χ3n) is 4.06. The minimum absolute atomic E-state index is 0. The molecule has 3 rings (SSSR count). The average molecular weight is 430 g/mol. The molecule has 2 aromatic rings. The summed E-state index contributed by atoms with van der Waals surface area (Å²) in [6.07, 6.45) is -5.15. The molecule has 29 heavy (non-hydrogen) atoms. The molecule has 1 saturated heterocycles. The first-order valence-corrected chi connectivity index (χ1v) is 8.55. The Hall–Kier alpha value is -2.62. The fourth-order valence-corrected chi connectivity index (χ4v) is 2.67. The fraction of sp³-hybridized carbons (Fsp3) is 0.263. The van der Waals surface area contributed by atoms with Crippen LogP contribution in [0.5, 0.6) is 0 Å². The predicted octanol–water partition coefficient (Wildman–Crippen LogP) is 3.31. The van der Waals surface area contributed by atoms with E-state index in [0.717, 1.165) is 12.1 Å². The first-order valence-electron chi connectivity index (χ1n) is 8.55. The van der Waals surface area contributed by atoms with Crippen LogP contribution in [0.1, 0.15) is 15.9 Å². The molecule has 3 N–H and O–H groups in total. The molecule has 0 aromatic heterocycles. The Balaban J connectivity index is 0.00000300. The highest BCUT2D eigenvalue weighted by atomic mass is 35.5. The molecule has 2 amide bonds. The number of anilines is 2. The molecule has 6 nitrogen and oxygen atoms in total. The number of hydrogen-bond acceptors (Lipinski definition) is 4. The van der Waals surface area contributed by atoms with Crippen molar-refractivity contribution in [2.24, 2.45) is 0 Å². The topological polar surface area (TPSA) is 79.5 Å². The van der Waals surface area contributed by atoms with E-state index in [1.807, 2.05) is 0 Å². The minimum atomic E-state index is -4.53. The van der Waals surface area contributed by atoms with Crippen LogP contribution in [0, 0.1) is 0 Å². The minimum Gasteiger partial charge on any atom is -0.366 e. The van der Waals surface area contributed by atoms with E-state index in [2.05, 4.69) is 16.0 Å². The second kappa shape index (κ2) is 9.73. The number of hydrogen-bond donors (Lipinski definition) is 3. The van der Waals surface area contributed by atoms with Gasteiger partial charge in [0.15, 0.2) is 0 Å². The molecule has 0 aliphatic carbocycles. The smallest absolute Gasteiger partial charge is 0.366 e. The van der Waals surface area contributed by atoms with Gasteiger partial charge in [0, 0.05) is 30.0 Å². The number of alkyl halides is 3. The van der Waals surface area contributed by atoms with Gasteiger partial charge in [-0.15, -0.1) is 12.4 Å². The van der Waals surface area contributed by atoms with Crippen LogP contribution in [-0.2, 0) is 15.7 Å². The van der Waals surface area contributed by atoms with Crippen molar-refractivity contribution in [1.82, 2.24) is 5.32 Å². The normalized spacial score (nSPS) is 16.4. The van der Waals surface area contributed by atoms with Gasteiger partial charge in [-0.1, -0.05) is 12.1 Å². The first-order chi connectivity index (χ1) is 13.3. The highest BCUT2D eigenvalue weighted by molar-refractivity contribution is 6.05. The zero-order valence-corrected chi connectivity index (χ0v) is 15.9. The predicted molar refractivity (Wildman–Crippen MR) is 104 cm³/mol. The van der Waals surface area contributed by atoms with E-state index in [9.17, 15) is 22.8 Å². The van der Waals surface area contributed by atoms with Crippen LogP contribution in [-0.4, -0.2) is 37.6 Å². The molecular weight excluding hydrogens is 411 g/mol. The van der Waals surface area contributed by atoms with Crippen LogP contribution < -0.4 is 16.0 Å². The molecule has 1 aliphatic heterocycles. The number of carbonyl (C=O) groups is 2. The maximum atomic E-state index is 12.8. The van der Waals surface area contributed by atoms with Crippen molar-refractivity contribution in [3.63, 3.8) is 0 Å². The van der Waals surface area contributed by atoms with Crippen molar-refractivity contribution < 1.29 is 27.5 Å². The molecular formula is C19H19ClF3N3O3. The van der Waals surface area contributed by atoms with Crippen molar-refractivity contribution in [2.45, 2.75) is 12.3 Å². The quantitative estimate of drug-likeness (QED) is 0.696. The van der Waals surface area contributed by atoms with Crippen molar-refractivity contribution >= 4 is 35.6 Å². The third-order valence-corrected chi connectivity index (χ3v) is 4.06. The second-order valence-corrected chi connectivity index (χ2v) is 6.17. The number of nitrogens with one attached hydrogen (secondary N) is 3. The van der Waals surface area contributed by atoms with Gasteiger partial charge < -0.3 is 20.7 Å². The summed E-state index contributed by atoms with van der Waals surface area (Å²) in [4.78, 5) is 24.5. The summed E-state index contributed by atoms with van der Waals surface area (Å²) in [5, 5.41) is 8.27. The van der Waals surface area contributed by atoms with E-state index in [1.54, 1.807) is 18.2 Å². The van der Waals surface area contributed by atoms with E-state index >= 15 is 0 Å². The molecule has 2 aromatic carbocycles. The Morgan fingerprint density at radius 3 is 2.38 bits per heavy atom. The van der Waals surface area contributed by atoms with Gasteiger partial charge in [-0.25, -0.2) is 0 Å². The van der Waals surface area contributed by atoms with E-state index in [4.69, 9.17) is 4.74 Å². The van der Waals surface area contributed by atoms with Crippen LogP contribution in [0.25, 0.3) is 0 Å². The first kappa shape index (κ1) is 22.7. The number of benzene rings is 2. The van der Waals surface area contributed by atoms with Crippen LogP contribution in [0.4, 0.5) is 24.5 Å². The summed E-state index contributed by atoms with van der Waals surface area (Å²) in [7, 11) is 0. The fourth-order valence-electron chi connectivity index (χ4n) is 2.67. The van der Waals surface area contributed by atoms with Gasteiger partial charge in [0.05, 0.1) is 12.2 Å². The number of carbonyl (C=O) groups excluding carboxylic acids is 2. The lowest BCUT2D eigenvalue weighted by molar-refractivity contribution is -0.137. The summed E-state index contributed by atoms with van der Waals surface area (Å²) in [6, 6.07) is 10.5. The van der Waals surface area contributed by atoms with Crippen LogP contribution in [0.3, 0.4) is 0 Å². The molecule has 1 heterocycles. The number of halogens is 4. The van der Waals surface area contributed by atoms with Crippen LogP contribution in [0.15, 0.2) is 48.5 Å². The number of ether oxygens (including phenoxy) is 1. The Labute approximate surface area is 171 Å². The molecule has 0 spiro atoms. The lowest BCUT2D eigenvalue weighted by atomic mass is 10.1. The van der Waals surface area contributed by atoms with Gasteiger partial charge in [-0.2, -0.15) is 13.2 Å². The summed E-state index contributed by atoms with van der Waals surface area (Å²) in [6.45, 7) is 1.52. The molecule has 0 bridgehead atoms. The Bertz CT molecular complexity index is 871. The van der Waals surface area contributed by atoms with E-state index in [1.165, 1.54) is 18.2 Å². The Morgan fingerprint density at radius 2 is 1.72 bits per heavy atom. The maximum absolute atomic E-state index is 12.8. The number of rotatable bonds is 4. The van der Waals surface area contributed by atoms with Crippen LogP contribution >= 0.6 is 12.4 Å². The van der Waals surface area contributed by atoms with Gasteiger partial charge in [-0.05, 0) is 36.4 Å². The summed E-state index contributed by atoms with van der Waals surface area (Å²) in [5.74, 6) is -1.01. The van der Waals surface area contributed by atoms with E-state index in [0.29, 0.717) is 31.1 Å². The van der Waals surface area contributed by atoms with Gasteiger partial charge in [-0.3, -0.25) is 9.59 Å². The molecule has 0 saturated carbocycles. The van der Waals surface area contributed by atoms with Crippen LogP contribution in [0.2, 0.25) is 0 Å². The summed E-state index contributed by atoms with van der Waals surface area (Å²) in [5.41, 5.74) is -0.253. The van der Waals surface area contributed by atoms with E-state index in [-0.39, 0.29) is 23.9 Å². The maximum Gasteiger partial charge on any atom is 0.416 e. The molecule has 156 valence electrons. The monoisotopic (exact) mass is 429 g/mol. The third kappa shape index (κ3) is 6.18. The SMILES string of the molecule is Cl.O=C(Nc1cccc(NC(=O)C2CNCCO2)c1)c1cccc(C(F)(F)F)c1. The van der Waals surface area contributed by atoms with E-state index < -0.39 is 23.8 Å². The van der Waals surface area contributed by atoms with Crippen molar-refractivity contribution in [3.05, 3.63) is 59.7 Å². The molecule has 1 aliphatic rings. The van der Waals surface area contributed by atoms with Crippen molar-refractivity contribution in [2.75, 3.05) is 30.3 Å². The Morgan fingerprint density at radius 1 is 1.03 bits per heavy atom. The van der Waals surface area contributed by atoms with Gasteiger partial charge in [0.1, 0.15) is 6.10 Å². The standard InChI is InChI=1S/C19H18F3N3O3.ClH/c20-19(21,22)13-4-1-3-12(9-13)17(26)24-14-5-2-6-15(10-14)25-18(27)16-11-23-7-8-28-16;/h1-6,9-10,16,23H,7-8,11H2,(H,24,26)(H,25,27);1H. The summed E-state index contributed by atoms with van der Waals surface area (Å²) >= 11 is 0. The molecule has 1 atom stereocenters. The number of morpholine rings is 1. The highest BCUT2D eigenvalue weighted by Gasteiger charge is 2.31. The lowest BCUT2D eigenvalue weighted by Gasteiger charge is -2.22. The average Bonchev–Trinajstić information content (AvgIpc) is 2.68. The molecule has 10 heteroatoms. The highest BCUT2D eigenvalue weighted by Crippen LogP contribution is 2.29. The molecule has 1 fully saturated rings. The van der Waals surface area contributed by atoms with Crippen molar-refractivity contribution in [1.29, 1.82) is 0 Å². The second-order valence-electron chi connectivity index (χ2n) is 6.17. The molecule has 0 radical (unpaired) electrons. The molecule has 1 unspecified atom stereocenters. The van der Waals surface area contributed by atoms with Gasteiger partial charge in [0.25, 0.3) is 11.8 Å². The largest absolute Gasteiger partial charge is 0.416 e. The van der Waals surface area contributed by atoms with Gasteiger partial charge >= 0.3 is 6.18 Å². The Kier molecular flexibility index (Phi) is 7.60.